The predicted octanol–water partition coefficient (Wildman–Crippen LogP) is 25.4. The minimum atomic E-state index is -4.65. The van der Waals surface area contributed by atoms with Crippen molar-refractivity contribution in [3.63, 3.8) is 0 Å². The molecule has 0 N–H and O–H groups in total. The van der Waals surface area contributed by atoms with E-state index in [1.165, 1.54) is 263 Å². The number of phosphoric ester groups is 1. The van der Waals surface area contributed by atoms with Gasteiger partial charge in [0, 0.05) is 12.8 Å². The van der Waals surface area contributed by atoms with Crippen molar-refractivity contribution >= 4 is 19.8 Å². The van der Waals surface area contributed by atoms with E-state index in [2.05, 4.69) is 98.9 Å². The normalized spacial score (nSPS) is 13.5. The van der Waals surface area contributed by atoms with Gasteiger partial charge in [-0.15, -0.1) is 0 Å². The number of rotatable bonds is 73. The smallest absolute Gasteiger partial charge is 0.306 e. The first kappa shape index (κ1) is 89.2. The molecule has 10 heteroatoms. The largest absolute Gasteiger partial charge is 0.756 e. The molecule has 2 atom stereocenters. The molecule has 0 aromatic heterocycles. The third kappa shape index (κ3) is 76.2. The van der Waals surface area contributed by atoms with Crippen molar-refractivity contribution in [2.75, 3.05) is 47.5 Å². The fourth-order valence-electron chi connectivity index (χ4n) is 11.4. The van der Waals surface area contributed by atoms with Gasteiger partial charge in [-0.25, -0.2) is 0 Å². The molecule has 0 aliphatic heterocycles. The molecule has 2 unspecified atom stereocenters. The third-order valence-electron chi connectivity index (χ3n) is 17.4. The molecule has 9 nitrogen and oxygen atoms in total. The fraction of sp³-hybridized carbons (Fsp3) is 0.805. The molecule has 0 saturated carbocycles. The van der Waals surface area contributed by atoms with Crippen LogP contribution in [0.25, 0.3) is 0 Å². The van der Waals surface area contributed by atoms with Crippen LogP contribution >= 0.6 is 7.82 Å². The monoisotopic (exact) mass is 1310 g/mol. The number of likely N-dealkylation sites (N-methyl/N-ethyl adjacent to an activating group) is 1. The average Bonchev–Trinajstić information content (AvgIpc) is 2.23. The van der Waals surface area contributed by atoms with E-state index in [9.17, 15) is 19.0 Å². The molecule has 0 rings (SSSR count). The van der Waals surface area contributed by atoms with Crippen LogP contribution < -0.4 is 4.89 Å². The molecule has 0 aromatic carbocycles. The standard InChI is InChI=1S/C82H150NO8P/c1-6-8-10-12-14-16-18-20-22-24-26-28-30-32-34-36-38-40-41-43-44-46-48-50-52-54-56-58-60-62-64-66-68-70-72-74-81(84)88-78-80(79-90-92(86,87)89-77-76-83(3,4)5)91-82(85)75-73-71-69-67-65-63-61-59-57-55-53-51-49-47-45-42-39-37-35-33-31-29-27-25-23-21-19-17-15-13-11-9-7-2/h9,11,15,17-18,20-21,23-24,26-27,29,33,35,80H,6-8,10,12-14,16,19,22,25,28,30-32,34,36-79H2,1-5H3/b11-9-,17-15-,20-18-,23-21-,26-24-,29-27-,35-33-. The van der Waals surface area contributed by atoms with Gasteiger partial charge in [0.05, 0.1) is 27.7 Å². The van der Waals surface area contributed by atoms with Crippen LogP contribution in [0.1, 0.15) is 373 Å². The van der Waals surface area contributed by atoms with E-state index in [-0.39, 0.29) is 32.0 Å². The maximum absolute atomic E-state index is 12.9. The molecule has 0 aromatic rings. The van der Waals surface area contributed by atoms with E-state index in [1.807, 2.05) is 21.1 Å². The van der Waals surface area contributed by atoms with Crippen molar-refractivity contribution in [1.29, 1.82) is 0 Å². The van der Waals surface area contributed by atoms with Crippen molar-refractivity contribution in [1.82, 2.24) is 0 Å². The van der Waals surface area contributed by atoms with Crippen LogP contribution in [0.5, 0.6) is 0 Å². The topological polar surface area (TPSA) is 111 Å². The summed E-state index contributed by atoms with van der Waals surface area (Å²) in [7, 11) is 1.18. The van der Waals surface area contributed by atoms with Crippen LogP contribution in [0.3, 0.4) is 0 Å². The highest BCUT2D eigenvalue weighted by Gasteiger charge is 2.22. The van der Waals surface area contributed by atoms with Gasteiger partial charge in [-0.2, -0.15) is 0 Å². The second-order valence-corrected chi connectivity index (χ2v) is 29.1. The second-order valence-electron chi connectivity index (χ2n) is 27.7. The number of hydrogen-bond donors (Lipinski definition) is 0. The van der Waals surface area contributed by atoms with E-state index >= 15 is 0 Å². The maximum atomic E-state index is 12.9. The Morgan fingerprint density at radius 2 is 0.620 bits per heavy atom. The van der Waals surface area contributed by atoms with Crippen LogP contribution in [0, 0.1) is 0 Å². The van der Waals surface area contributed by atoms with Gasteiger partial charge in [0.25, 0.3) is 7.82 Å². The van der Waals surface area contributed by atoms with E-state index in [4.69, 9.17) is 18.5 Å². The quantitative estimate of drug-likeness (QED) is 0.0195. The van der Waals surface area contributed by atoms with Gasteiger partial charge in [0.2, 0.25) is 0 Å². The molecule has 0 spiro atoms. The highest BCUT2D eigenvalue weighted by molar-refractivity contribution is 7.45. The number of nitrogens with zero attached hydrogens (tertiary/aromatic N) is 1. The number of carbonyl (C=O) groups is 2. The van der Waals surface area contributed by atoms with Crippen molar-refractivity contribution in [2.45, 2.75) is 380 Å². The number of carbonyl (C=O) groups excluding carboxylic acids is 2. The molecular weight excluding hydrogens is 1160 g/mol. The zero-order valence-corrected chi connectivity index (χ0v) is 62.1. The molecule has 0 heterocycles. The molecular formula is C82H150NO8P. The maximum Gasteiger partial charge on any atom is 0.306 e. The number of allylic oxidation sites excluding steroid dienone is 14. The lowest BCUT2D eigenvalue weighted by molar-refractivity contribution is -0.870. The second kappa shape index (κ2) is 72.5. The number of quaternary nitrogens is 1. The summed E-state index contributed by atoms with van der Waals surface area (Å²) < 4.78 is 34.4. The Morgan fingerprint density at radius 1 is 0.348 bits per heavy atom. The van der Waals surface area contributed by atoms with Gasteiger partial charge in [0.15, 0.2) is 6.10 Å². The predicted molar refractivity (Wildman–Crippen MR) is 397 cm³/mol. The summed E-state index contributed by atoms with van der Waals surface area (Å²) in [5.74, 6) is -0.816. The minimum absolute atomic E-state index is 0.0305. The summed E-state index contributed by atoms with van der Waals surface area (Å²) in [6.45, 7) is 4.17. The number of esters is 2. The SMILES string of the molecule is CC/C=C\C/C=C\C/C=C\C/C=C\C/C=C\CCCCCCCCCCCCCCCCCCCC(=O)OC(COC(=O)CCCCCCCCCCCCCCCCCCCCCCCCC/C=C\C/C=C\CCCCCCC)COP(=O)([O-])OCC[N+](C)(C)C. The molecule has 0 fully saturated rings. The number of phosphoric acid groups is 1. The Balaban J connectivity index is 3.94. The van der Waals surface area contributed by atoms with Crippen molar-refractivity contribution < 1.29 is 42.1 Å². The van der Waals surface area contributed by atoms with Crippen LogP contribution in [-0.2, 0) is 32.7 Å². The lowest BCUT2D eigenvalue weighted by atomic mass is 10.0. The molecule has 0 aliphatic rings. The number of ether oxygens (including phenoxy) is 2. The summed E-state index contributed by atoms with van der Waals surface area (Å²) in [6.07, 6.45) is 99.8. The summed E-state index contributed by atoms with van der Waals surface area (Å²) in [5.41, 5.74) is 0. The fourth-order valence-corrected chi connectivity index (χ4v) is 12.2. The minimum Gasteiger partial charge on any atom is -0.756 e. The van der Waals surface area contributed by atoms with Crippen LogP contribution in [0.15, 0.2) is 85.1 Å². The first-order chi connectivity index (χ1) is 45.0. The zero-order chi connectivity index (χ0) is 66.9. The highest BCUT2D eigenvalue weighted by atomic mass is 31.2. The van der Waals surface area contributed by atoms with Crippen LogP contribution in [-0.4, -0.2) is 70.0 Å². The Hall–Kier alpha value is -2.81. The van der Waals surface area contributed by atoms with Crippen LogP contribution in [0.4, 0.5) is 0 Å². The molecule has 0 aliphatic carbocycles. The van der Waals surface area contributed by atoms with Gasteiger partial charge in [-0.05, 0) is 89.9 Å². The zero-order valence-electron chi connectivity index (χ0n) is 61.2. The Kier molecular flexibility index (Phi) is 70.2. The molecule has 536 valence electrons. The van der Waals surface area contributed by atoms with E-state index < -0.39 is 26.5 Å². The number of hydrogen-bond acceptors (Lipinski definition) is 8. The third-order valence-corrected chi connectivity index (χ3v) is 18.4. The first-order valence-corrected chi connectivity index (χ1v) is 40.8. The van der Waals surface area contributed by atoms with Gasteiger partial charge < -0.3 is 27.9 Å². The summed E-state index contributed by atoms with van der Waals surface area (Å²) in [6, 6.07) is 0. The van der Waals surface area contributed by atoms with Crippen molar-refractivity contribution in [3.05, 3.63) is 85.1 Å². The summed E-state index contributed by atoms with van der Waals surface area (Å²) >= 11 is 0. The first-order valence-electron chi connectivity index (χ1n) is 39.3. The lowest BCUT2D eigenvalue weighted by Gasteiger charge is -2.28. The average molecular weight is 1310 g/mol. The van der Waals surface area contributed by atoms with E-state index in [1.54, 1.807) is 0 Å². The highest BCUT2D eigenvalue weighted by Crippen LogP contribution is 2.38. The summed E-state index contributed by atoms with van der Waals surface area (Å²) in [5, 5.41) is 0. The Labute approximate surface area is 571 Å². The molecule has 92 heavy (non-hydrogen) atoms. The lowest BCUT2D eigenvalue weighted by Crippen LogP contribution is -2.37. The summed E-state index contributed by atoms with van der Waals surface area (Å²) in [4.78, 5) is 38.2. The van der Waals surface area contributed by atoms with E-state index in [0.29, 0.717) is 17.4 Å². The van der Waals surface area contributed by atoms with Crippen molar-refractivity contribution in [3.8, 4) is 0 Å². The van der Waals surface area contributed by atoms with Gasteiger partial charge in [0.1, 0.15) is 19.8 Å². The number of unbranched alkanes of at least 4 members (excludes halogenated alkanes) is 45. The Bertz CT molecular complexity index is 1830. The van der Waals surface area contributed by atoms with E-state index in [0.717, 1.165) is 77.0 Å². The molecule has 0 amide bonds. The van der Waals surface area contributed by atoms with Gasteiger partial charge in [-0.3, -0.25) is 14.2 Å². The van der Waals surface area contributed by atoms with Gasteiger partial charge in [-0.1, -0.05) is 356 Å². The molecule has 0 saturated heterocycles. The Morgan fingerprint density at radius 3 is 0.924 bits per heavy atom. The van der Waals surface area contributed by atoms with Crippen molar-refractivity contribution in [2.24, 2.45) is 0 Å². The van der Waals surface area contributed by atoms with Crippen LogP contribution in [0.2, 0.25) is 0 Å². The van der Waals surface area contributed by atoms with Gasteiger partial charge >= 0.3 is 11.9 Å². The molecule has 0 radical (unpaired) electrons. The molecule has 0 bridgehead atoms.